The number of benzene rings is 2. The van der Waals surface area contributed by atoms with Gasteiger partial charge < -0.3 is 20.3 Å². The highest BCUT2D eigenvalue weighted by molar-refractivity contribution is 5.70. The van der Waals surface area contributed by atoms with Gasteiger partial charge in [0.2, 0.25) is 0 Å². The summed E-state index contributed by atoms with van der Waals surface area (Å²) in [6, 6.07) is 15.2. The van der Waals surface area contributed by atoms with Crippen molar-refractivity contribution in [2.45, 2.75) is 12.8 Å². The number of nitrogens with zero attached hydrogens (tertiary/aromatic N) is 2. The summed E-state index contributed by atoms with van der Waals surface area (Å²) in [7, 11) is 1.76. The van der Waals surface area contributed by atoms with Crippen LogP contribution in [0, 0.1) is 0 Å². The molecule has 1 aliphatic heterocycles. The first-order valence-corrected chi connectivity index (χ1v) is 8.25. The van der Waals surface area contributed by atoms with Crippen molar-refractivity contribution >= 4 is 17.5 Å². The van der Waals surface area contributed by atoms with Crippen LogP contribution in [0.2, 0.25) is 0 Å². The third kappa shape index (κ3) is 3.79. The van der Waals surface area contributed by atoms with Gasteiger partial charge in [-0.15, -0.1) is 0 Å². The minimum atomic E-state index is -0.337. The highest BCUT2D eigenvalue weighted by Gasteiger charge is 2.18. The van der Waals surface area contributed by atoms with Gasteiger partial charge in [-0.25, -0.2) is 4.79 Å². The van der Waals surface area contributed by atoms with Crippen molar-refractivity contribution in [2.24, 2.45) is 0 Å². The second-order valence-electron chi connectivity index (χ2n) is 6.08. The molecule has 24 heavy (non-hydrogen) atoms. The summed E-state index contributed by atoms with van der Waals surface area (Å²) in [5.74, 6) is 0.563. The highest BCUT2D eigenvalue weighted by Crippen LogP contribution is 2.28. The van der Waals surface area contributed by atoms with E-state index < -0.39 is 0 Å². The zero-order valence-corrected chi connectivity index (χ0v) is 13.9. The van der Waals surface area contributed by atoms with Crippen molar-refractivity contribution in [3.05, 3.63) is 54.1 Å². The Morgan fingerprint density at radius 2 is 2.04 bits per heavy atom. The number of ether oxygens (including phenoxy) is 1. The summed E-state index contributed by atoms with van der Waals surface area (Å²) in [5.41, 5.74) is 9.19. The molecule has 0 bridgehead atoms. The Morgan fingerprint density at radius 1 is 1.25 bits per heavy atom. The van der Waals surface area contributed by atoms with Gasteiger partial charge in [-0.3, -0.25) is 0 Å². The molecule has 1 aliphatic rings. The molecule has 3 rings (SSSR count). The molecular formula is C19H23N3O2. The van der Waals surface area contributed by atoms with Gasteiger partial charge in [0.05, 0.1) is 0 Å². The van der Waals surface area contributed by atoms with Crippen LogP contribution in [0.3, 0.4) is 0 Å². The monoisotopic (exact) mass is 325 g/mol. The molecule has 0 saturated heterocycles. The molecule has 2 aromatic carbocycles. The number of anilines is 2. The van der Waals surface area contributed by atoms with Crippen LogP contribution in [-0.4, -0.2) is 37.7 Å². The predicted octanol–water partition coefficient (Wildman–Crippen LogP) is 3.15. The molecule has 126 valence electrons. The van der Waals surface area contributed by atoms with Gasteiger partial charge in [0.15, 0.2) is 0 Å². The number of carbonyl (C=O) groups is 1. The zero-order valence-electron chi connectivity index (χ0n) is 13.9. The minimum absolute atomic E-state index is 0.337. The fourth-order valence-corrected chi connectivity index (χ4v) is 2.96. The predicted molar refractivity (Wildman–Crippen MR) is 96.5 cm³/mol. The molecule has 0 saturated carbocycles. The second kappa shape index (κ2) is 7.25. The Hall–Kier alpha value is -2.69. The van der Waals surface area contributed by atoms with E-state index in [0.29, 0.717) is 12.3 Å². The topological polar surface area (TPSA) is 58.8 Å². The van der Waals surface area contributed by atoms with Gasteiger partial charge in [-0.05, 0) is 48.7 Å². The van der Waals surface area contributed by atoms with E-state index in [1.165, 1.54) is 11.3 Å². The average Bonchev–Trinajstić information content (AvgIpc) is 2.60. The Labute approximate surface area is 142 Å². The lowest BCUT2D eigenvalue weighted by atomic mass is 10.0. The fourth-order valence-electron chi connectivity index (χ4n) is 2.96. The molecule has 0 spiro atoms. The first-order valence-electron chi connectivity index (χ1n) is 8.25. The largest absolute Gasteiger partial charge is 0.415 e. The fraction of sp³-hybridized carbons (Fsp3) is 0.316. The van der Waals surface area contributed by atoms with Crippen molar-refractivity contribution in [3.8, 4) is 5.75 Å². The molecule has 1 amide bonds. The van der Waals surface area contributed by atoms with Crippen LogP contribution in [0.1, 0.15) is 12.0 Å². The molecule has 0 aromatic heterocycles. The van der Waals surface area contributed by atoms with Crippen molar-refractivity contribution in [2.75, 3.05) is 37.3 Å². The molecule has 0 unspecified atom stereocenters. The lowest BCUT2D eigenvalue weighted by Crippen LogP contribution is -2.39. The van der Waals surface area contributed by atoms with E-state index in [4.69, 9.17) is 10.5 Å². The Morgan fingerprint density at radius 3 is 2.83 bits per heavy atom. The summed E-state index contributed by atoms with van der Waals surface area (Å²) in [6.45, 7) is 2.38. The minimum Gasteiger partial charge on any atom is -0.410 e. The summed E-state index contributed by atoms with van der Waals surface area (Å²) < 4.78 is 5.35. The van der Waals surface area contributed by atoms with Crippen molar-refractivity contribution in [1.82, 2.24) is 4.90 Å². The van der Waals surface area contributed by atoms with Gasteiger partial charge in [-0.2, -0.15) is 0 Å². The summed E-state index contributed by atoms with van der Waals surface area (Å²) in [4.78, 5) is 16.1. The molecule has 2 N–H and O–H groups in total. The van der Waals surface area contributed by atoms with E-state index in [1.54, 1.807) is 24.1 Å². The number of nitrogen functional groups attached to an aromatic ring is 1. The van der Waals surface area contributed by atoms with E-state index in [0.717, 1.165) is 31.6 Å². The van der Waals surface area contributed by atoms with Crippen LogP contribution < -0.4 is 15.4 Å². The lowest BCUT2D eigenvalue weighted by molar-refractivity contribution is 0.164. The second-order valence-corrected chi connectivity index (χ2v) is 6.08. The quantitative estimate of drug-likeness (QED) is 0.877. The number of para-hydroxylation sites is 1. The molecule has 0 atom stereocenters. The molecule has 1 heterocycles. The first-order chi connectivity index (χ1) is 11.6. The number of likely N-dealkylation sites (N-methyl/N-ethyl adjacent to an activating group) is 1. The molecule has 0 radical (unpaired) electrons. The van der Waals surface area contributed by atoms with E-state index in [2.05, 4.69) is 17.0 Å². The van der Waals surface area contributed by atoms with E-state index in [9.17, 15) is 4.79 Å². The molecule has 5 heteroatoms. The van der Waals surface area contributed by atoms with Crippen LogP contribution in [0.4, 0.5) is 16.2 Å². The lowest BCUT2D eigenvalue weighted by Gasteiger charge is -2.32. The van der Waals surface area contributed by atoms with Crippen LogP contribution >= 0.6 is 0 Å². The smallest absolute Gasteiger partial charge is 0.410 e. The van der Waals surface area contributed by atoms with Crippen molar-refractivity contribution in [1.29, 1.82) is 0 Å². The third-order valence-corrected chi connectivity index (χ3v) is 4.28. The molecular weight excluding hydrogens is 302 g/mol. The van der Waals surface area contributed by atoms with Crippen LogP contribution in [0.25, 0.3) is 0 Å². The average molecular weight is 325 g/mol. The third-order valence-electron chi connectivity index (χ3n) is 4.28. The van der Waals surface area contributed by atoms with E-state index in [-0.39, 0.29) is 6.09 Å². The molecule has 2 aromatic rings. The van der Waals surface area contributed by atoms with E-state index in [1.807, 2.05) is 24.3 Å². The maximum absolute atomic E-state index is 12.1. The van der Waals surface area contributed by atoms with Gasteiger partial charge in [0.25, 0.3) is 0 Å². The SMILES string of the molecule is CN(CCN1CCCc2cc(N)ccc21)C(=O)Oc1ccccc1. The van der Waals surface area contributed by atoms with Crippen molar-refractivity contribution < 1.29 is 9.53 Å². The number of hydrogen-bond donors (Lipinski definition) is 1. The molecule has 0 fully saturated rings. The van der Waals surface area contributed by atoms with Gasteiger partial charge >= 0.3 is 6.09 Å². The Balaban J connectivity index is 1.57. The number of fused-ring (bicyclic) bond motifs is 1. The van der Waals surface area contributed by atoms with E-state index >= 15 is 0 Å². The number of carbonyl (C=O) groups excluding carboxylic acids is 1. The van der Waals surface area contributed by atoms with Crippen LogP contribution in [0.15, 0.2) is 48.5 Å². The maximum Gasteiger partial charge on any atom is 0.415 e. The highest BCUT2D eigenvalue weighted by atomic mass is 16.6. The summed E-state index contributed by atoms with van der Waals surface area (Å²) >= 11 is 0. The number of rotatable bonds is 4. The molecule has 5 nitrogen and oxygen atoms in total. The Bertz CT molecular complexity index is 703. The van der Waals surface area contributed by atoms with Crippen LogP contribution in [-0.2, 0) is 6.42 Å². The number of aryl methyl sites for hydroxylation is 1. The Kier molecular flexibility index (Phi) is 4.89. The van der Waals surface area contributed by atoms with Gasteiger partial charge in [0.1, 0.15) is 5.75 Å². The summed E-state index contributed by atoms with van der Waals surface area (Å²) in [5, 5.41) is 0. The zero-order chi connectivity index (χ0) is 16.9. The maximum atomic E-state index is 12.1. The number of amides is 1. The summed E-state index contributed by atoms with van der Waals surface area (Å²) in [6.07, 6.45) is 1.83. The van der Waals surface area contributed by atoms with Gasteiger partial charge in [-0.1, -0.05) is 18.2 Å². The van der Waals surface area contributed by atoms with Crippen LogP contribution in [0.5, 0.6) is 5.75 Å². The first kappa shape index (κ1) is 16.2. The molecule has 0 aliphatic carbocycles. The normalized spacial score (nSPS) is 13.3. The standard InChI is InChI=1S/C19H23N3O2/c1-21(19(23)24-17-7-3-2-4-8-17)12-13-22-11-5-6-15-14-16(20)9-10-18(15)22/h2-4,7-10,14H,5-6,11-13,20H2,1H3. The van der Waals surface area contributed by atoms with Gasteiger partial charge in [0, 0.05) is 38.1 Å². The van der Waals surface area contributed by atoms with Crippen molar-refractivity contribution in [3.63, 3.8) is 0 Å². The number of hydrogen-bond acceptors (Lipinski definition) is 4. The number of nitrogens with two attached hydrogens (primary N) is 1.